The number of rotatable bonds is 3. The highest BCUT2D eigenvalue weighted by molar-refractivity contribution is 5.95. The Kier molecular flexibility index (Phi) is 4.02. The molecule has 2 aromatic rings. The van der Waals surface area contributed by atoms with Gasteiger partial charge in [-0.05, 0) is 18.9 Å². The van der Waals surface area contributed by atoms with E-state index in [4.69, 9.17) is 0 Å². The van der Waals surface area contributed by atoms with Crippen molar-refractivity contribution in [2.24, 2.45) is 0 Å². The molecule has 1 aliphatic heterocycles. The molecular formula is C16H22N6O. The predicted octanol–water partition coefficient (Wildman–Crippen LogP) is 1.46. The van der Waals surface area contributed by atoms with Crippen molar-refractivity contribution >= 4 is 11.9 Å². The van der Waals surface area contributed by atoms with Crippen LogP contribution >= 0.6 is 0 Å². The number of amides is 1. The molecule has 1 N–H and O–H groups in total. The number of H-pyrrole nitrogens is 1. The smallest absolute Gasteiger partial charge is 0.256 e. The zero-order valence-corrected chi connectivity index (χ0v) is 13.8. The fraction of sp³-hybridized carbons (Fsp3) is 0.500. The van der Waals surface area contributed by atoms with Crippen molar-refractivity contribution in [2.45, 2.75) is 25.2 Å². The summed E-state index contributed by atoms with van der Waals surface area (Å²) in [6.07, 6.45) is 7.00. The number of nitrogens with one attached hydrogen (secondary N) is 1. The summed E-state index contributed by atoms with van der Waals surface area (Å²) in [5, 5.41) is 7.17. The van der Waals surface area contributed by atoms with Gasteiger partial charge in [0.25, 0.3) is 5.91 Å². The van der Waals surface area contributed by atoms with E-state index in [1.54, 1.807) is 37.6 Å². The third kappa shape index (κ3) is 2.91. The SMILES string of the molecule is CN(C)C(=O)c1cn[nH]c1C1(C)CCN(c2ncccn2)CC1. The first kappa shape index (κ1) is 15.5. The van der Waals surface area contributed by atoms with E-state index in [1.165, 1.54) is 0 Å². The minimum atomic E-state index is -0.0945. The molecular weight excluding hydrogens is 292 g/mol. The van der Waals surface area contributed by atoms with Gasteiger partial charge >= 0.3 is 0 Å². The molecule has 1 saturated heterocycles. The number of hydrogen-bond donors (Lipinski definition) is 1. The van der Waals surface area contributed by atoms with E-state index in [2.05, 4.69) is 32.0 Å². The lowest BCUT2D eigenvalue weighted by molar-refractivity contribution is 0.0824. The van der Waals surface area contributed by atoms with Crippen molar-refractivity contribution in [1.29, 1.82) is 0 Å². The largest absolute Gasteiger partial charge is 0.345 e. The molecule has 1 fully saturated rings. The van der Waals surface area contributed by atoms with E-state index >= 15 is 0 Å². The van der Waals surface area contributed by atoms with Crippen molar-refractivity contribution in [3.8, 4) is 0 Å². The summed E-state index contributed by atoms with van der Waals surface area (Å²) in [6, 6.07) is 1.82. The number of aromatic nitrogens is 4. The number of anilines is 1. The van der Waals surface area contributed by atoms with Gasteiger partial charge in [0, 0.05) is 45.0 Å². The standard InChI is InChI=1S/C16H22N6O/c1-16(13-12(11-19-20-13)14(23)21(2)3)5-9-22(10-6-16)15-17-7-4-8-18-15/h4,7-8,11H,5-6,9-10H2,1-3H3,(H,19,20). The Hall–Kier alpha value is -2.44. The second-order valence-electron chi connectivity index (χ2n) is 6.45. The molecule has 0 spiro atoms. The van der Waals surface area contributed by atoms with Crippen LogP contribution in [0.1, 0.15) is 35.8 Å². The van der Waals surface area contributed by atoms with Gasteiger partial charge in [-0.25, -0.2) is 9.97 Å². The van der Waals surface area contributed by atoms with Crippen LogP contribution in [0.3, 0.4) is 0 Å². The fourth-order valence-electron chi connectivity index (χ4n) is 3.05. The molecule has 0 radical (unpaired) electrons. The average molecular weight is 314 g/mol. The third-order valence-corrected chi connectivity index (χ3v) is 4.58. The van der Waals surface area contributed by atoms with Crippen LogP contribution in [0.5, 0.6) is 0 Å². The number of aromatic amines is 1. The van der Waals surface area contributed by atoms with E-state index in [9.17, 15) is 4.79 Å². The van der Waals surface area contributed by atoms with Gasteiger partial charge in [-0.3, -0.25) is 9.89 Å². The monoisotopic (exact) mass is 314 g/mol. The minimum Gasteiger partial charge on any atom is -0.345 e. The normalized spacial score (nSPS) is 17.1. The van der Waals surface area contributed by atoms with Crippen molar-refractivity contribution in [1.82, 2.24) is 25.1 Å². The van der Waals surface area contributed by atoms with Crippen LogP contribution in [0.4, 0.5) is 5.95 Å². The summed E-state index contributed by atoms with van der Waals surface area (Å²) >= 11 is 0. The van der Waals surface area contributed by atoms with Crippen LogP contribution in [-0.2, 0) is 5.41 Å². The molecule has 0 unspecified atom stereocenters. The average Bonchev–Trinajstić information content (AvgIpc) is 3.06. The van der Waals surface area contributed by atoms with Crippen molar-refractivity contribution < 1.29 is 4.79 Å². The Morgan fingerprint density at radius 3 is 2.52 bits per heavy atom. The van der Waals surface area contributed by atoms with Gasteiger partial charge in [0.15, 0.2) is 0 Å². The Bertz CT molecular complexity index is 673. The molecule has 23 heavy (non-hydrogen) atoms. The summed E-state index contributed by atoms with van der Waals surface area (Å²) in [5.41, 5.74) is 1.51. The maximum Gasteiger partial charge on any atom is 0.256 e. The van der Waals surface area contributed by atoms with Crippen LogP contribution < -0.4 is 4.90 Å². The Morgan fingerprint density at radius 2 is 1.91 bits per heavy atom. The first-order chi connectivity index (χ1) is 11.0. The lowest BCUT2D eigenvalue weighted by Crippen LogP contribution is -2.42. The Labute approximate surface area is 135 Å². The third-order valence-electron chi connectivity index (χ3n) is 4.58. The molecule has 7 heteroatoms. The van der Waals surface area contributed by atoms with Crippen LogP contribution in [0.2, 0.25) is 0 Å². The number of hydrogen-bond acceptors (Lipinski definition) is 5. The van der Waals surface area contributed by atoms with Crippen LogP contribution in [0, 0.1) is 0 Å². The highest BCUT2D eigenvalue weighted by Gasteiger charge is 2.37. The summed E-state index contributed by atoms with van der Waals surface area (Å²) in [4.78, 5) is 24.7. The van der Waals surface area contributed by atoms with E-state index in [0.717, 1.165) is 37.6 Å². The molecule has 7 nitrogen and oxygen atoms in total. The van der Waals surface area contributed by atoms with Crippen molar-refractivity contribution in [3.63, 3.8) is 0 Å². The molecule has 1 amide bonds. The summed E-state index contributed by atoms with van der Waals surface area (Å²) in [7, 11) is 3.52. The summed E-state index contributed by atoms with van der Waals surface area (Å²) in [5.74, 6) is 0.757. The van der Waals surface area contributed by atoms with Gasteiger partial charge in [-0.2, -0.15) is 5.10 Å². The Morgan fingerprint density at radius 1 is 1.26 bits per heavy atom. The molecule has 0 atom stereocenters. The highest BCUT2D eigenvalue weighted by atomic mass is 16.2. The first-order valence-corrected chi connectivity index (χ1v) is 7.79. The van der Waals surface area contributed by atoms with Crippen LogP contribution in [-0.4, -0.2) is 58.2 Å². The first-order valence-electron chi connectivity index (χ1n) is 7.79. The topological polar surface area (TPSA) is 78.0 Å². The number of nitrogens with zero attached hydrogens (tertiary/aromatic N) is 5. The zero-order chi connectivity index (χ0) is 16.4. The van der Waals surface area contributed by atoms with E-state index in [1.807, 2.05) is 6.07 Å². The van der Waals surface area contributed by atoms with Crippen LogP contribution in [0.25, 0.3) is 0 Å². The molecule has 0 bridgehead atoms. The van der Waals surface area contributed by atoms with Gasteiger partial charge in [0.1, 0.15) is 0 Å². The van der Waals surface area contributed by atoms with Gasteiger partial charge < -0.3 is 9.80 Å². The van der Waals surface area contributed by atoms with E-state index < -0.39 is 0 Å². The van der Waals surface area contributed by atoms with Gasteiger partial charge in [-0.1, -0.05) is 6.92 Å². The zero-order valence-electron chi connectivity index (χ0n) is 13.8. The summed E-state index contributed by atoms with van der Waals surface area (Å²) in [6.45, 7) is 3.90. The molecule has 122 valence electrons. The maximum absolute atomic E-state index is 12.3. The predicted molar refractivity (Wildman–Crippen MR) is 87.4 cm³/mol. The Balaban J connectivity index is 1.78. The maximum atomic E-state index is 12.3. The van der Waals surface area contributed by atoms with Crippen molar-refractivity contribution in [3.05, 3.63) is 35.9 Å². The minimum absolute atomic E-state index is 0.0104. The molecule has 0 saturated carbocycles. The molecule has 2 aromatic heterocycles. The van der Waals surface area contributed by atoms with E-state index in [0.29, 0.717) is 5.56 Å². The van der Waals surface area contributed by atoms with E-state index in [-0.39, 0.29) is 11.3 Å². The molecule has 1 aliphatic rings. The number of carbonyl (C=O) groups excluding carboxylic acids is 1. The lowest BCUT2D eigenvalue weighted by atomic mass is 9.76. The number of piperidine rings is 1. The number of carbonyl (C=O) groups is 1. The second-order valence-corrected chi connectivity index (χ2v) is 6.45. The molecule has 3 heterocycles. The second kappa shape index (κ2) is 5.98. The highest BCUT2D eigenvalue weighted by Crippen LogP contribution is 2.36. The lowest BCUT2D eigenvalue weighted by Gasteiger charge is -2.39. The van der Waals surface area contributed by atoms with Gasteiger partial charge in [0.2, 0.25) is 5.95 Å². The quantitative estimate of drug-likeness (QED) is 0.928. The van der Waals surface area contributed by atoms with Gasteiger partial charge in [0.05, 0.1) is 17.5 Å². The molecule has 0 aliphatic carbocycles. The fourth-order valence-corrected chi connectivity index (χ4v) is 3.05. The van der Waals surface area contributed by atoms with Crippen molar-refractivity contribution in [2.75, 3.05) is 32.1 Å². The molecule has 3 rings (SSSR count). The molecule has 0 aromatic carbocycles. The van der Waals surface area contributed by atoms with Gasteiger partial charge in [-0.15, -0.1) is 0 Å². The van der Waals surface area contributed by atoms with Crippen LogP contribution in [0.15, 0.2) is 24.7 Å². The summed E-state index contributed by atoms with van der Waals surface area (Å²) < 4.78 is 0.